The van der Waals surface area contributed by atoms with Crippen molar-refractivity contribution in [3.63, 3.8) is 0 Å². The van der Waals surface area contributed by atoms with Gasteiger partial charge in [0.25, 0.3) is 0 Å². The topological polar surface area (TPSA) is 38.5 Å². The minimum atomic E-state index is 0.765. The van der Waals surface area contributed by atoms with E-state index in [0.717, 1.165) is 23.8 Å². The van der Waals surface area contributed by atoms with Gasteiger partial charge in [-0.05, 0) is 6.08 Å². The Morgan fingerprint density at radius 2 is 2.50 bits per heavy atom. The van der Waals surface area contributed by atoms with Crippen LogP contribution in [0.4, 0.5) is 5.88 Å². The van der Waals surface area contributed by atoms with E-state index < -0.39 is 0 Å². The number of allylic oxidation sites excluding steroid dienone is 1. The van der Waals surface area contributed by atoms with E-state index in [1.165, 1.54) is 0 Å². The Morgan fingerprint density at radius 1 is 1.50 bits per heavy atom. The van der Waals surface area contributed by atoms with Crippen LogP contribution in [0.5, 0.6) is 0 Å². The fourth-order valence-corrected chi connectivity index (χ4v) is 1.40. The van der Waals surface area contributed by atoms with Crippen molar-refractivity contribution in [1.29, 1.82) is 0 Å². The van der Waals surface area contributed by atoms with E-state index in [-0.39, 0.29) is 0 Å². The fraction of sp³-hybridized carbons (Fsp3) is 0.125. The number of anilines is 1. The lowest BCUT2D eigenvalue weighted by atomic mass is 10.2. The summed E-state index contributed by atoms with van der Waals surface area (Å²) in [7, 11) is 0. The molecule has 3 rings (SSSR count). The number of aromatic nitrogens is 1. The third kappa shape index (κ3) is 0.592. The van der Waals surface area contributed by atoms with E-state index in [1.54, 1.807) is 12.5 Å². The van der Waals surface area contributed by atoms with Crippen LogP contribution < -0.4 is 4.90 Å². The van der Waals surface area contributed by atoms with E-state index >= 15 is 0 Å². The van der Waals surface area contributed by atoms with Crippen molar-refractivity contribution in [2.45, 2.75) is 6.42 Å². The summed E-state index contributed by atoms with van der Waals surface area (Å²) >= 11 is 0. The van der Waals surface area contributed by atoms with E-state index in [0.29, 0.717) is 0 Å². The average molecular weight is 162 g/mol. The van der Waals surface area contributed by atoms with Crippen molar-refractivity contribution in [3.8, 4) is 0 Å². The Bertz CT molecular complexity index is 378. The first-order valence-electron chi connectivity index (χ1n) is 3.71. The van der Waals surface area contributed by atoms with Crippen LogP contribution in [-0.2, 0) is 11.2 Å². The summed E-state index contributed by atoms with van der Waals surface area (Å²) in [6.45, 7) is 0. The zero-order valence-corrected chi connectivity index (χ0v) is 6.23. The molecule has 1 aromatic heterocycles. The first kappa shape index (κ1) is 5.88. The molecule has 0 spiro atoms. The van der Waals surface area contributed by atoms with Crippen LogP contribution in [0.25, 0.3) is 0 Å². The van der Waals surface area contributed by atoms with Crippen LogP contribution >= 0.6 is 0 Å². The molecule has 0 saturated carbocycles. The van der Waals surface area contributed by atoms with Gasteiger partial charge in [-0.25, -0.2) is 0 Å². The van der Waals surface area contributed by atoms with Crippen LogP contribution in [0.1, 0.15) is 5.56 Å². The molecule has 0 unspecified atom stereocenters. The van der Waals surface area contributed by atoms with Gasteiger partial charge in [0.05, 0.1) is 12.4 Å². The Labute approximate surface area is 68.7 Å². The number of rotatable bonds is 0. The van der Waals surface area contributed by atoms with Crippen molar-refractivity contribution in [2.24, 2.45) is 0 Å². The molecule has 0 N–H and O–H groups in total. The summed E-state index contributed by atoms with van der Waals surface area (Å²) in [5.74, 6) is 1.57. The SMILES string of the molecule is C1=CN2C(=CCc3cnoc32)O1. The minimum absolute atomic E-state index is 0.765. The monoisotopic (exact) mass is 162 g/mol. The highest BCUT2D eigenvalue weighted by Gasteiger charge is 2.25. The molecule has 0 aliphatic carbocycles. The molecule has 4 heteroatoms. The van der Waals surface area contributed by atoms with Gasteiger partial charge in [0, 0.05) is 12.0 Å². The number of hydrogen-bond acceptors (Lipinski definition) is 4. The number of ether oxygens (including phenoxy) is 1. The maximum atomic E-state index is 5.20. The summed E-state index contributed by atoms with van der Waals surface area (Å²) in [4.78, 5) is 1.84. The van der Waals surface area contributed by atoms with Gasteiger partial charge < -0.3 is 9.26 Å². The smallest absolute Gasteiger partial charge is 0.241 e. The molecule has 0 aromatic carbocycles. The molecule has 2 aliphatic heterocycles. The molecule has 2 aliphatic rings. The fourth-order valence-electron chi connectivity index (χ4n) is 1.40. The van der Waals surface area contributed by atoms with Crippen molar-refractivity contribution < 1.29 is 9.26 Å². The second kappa shape index (κ2) is 1.91. The third-order valence-corrected chi connectivity index (χ3v) is 1.97. The van der Waals surface area contributed by atoms with Crippen LogP contribution in [0.2, 0.25) is 0 Å². The molecule has 0 amide bonds. The number of nitrogens with zero attached hydrogens (tertiary/aromatic N) is 2. The van der Waals surface area contributed by atoms with Crippen molar-refractivity contribution in [2.75, 3.05) is 4.90 Å². The van der Waals surface area contributed by atoms with Gasteiger partial charge in [0.1, 0.15) is 6.26 Å². The summed E-state index contributed by atoms with van der Waals surface area (Å²) in [6, 6.07) is 0. The molecule has 60 valence electrons. The molecular weight excluding hydrogens is 156 g/mol. The lowest BCUT2D eigenvalue weighted by Crippen LogP contribution is -2.15. The van der Waals surface area contributed by atoms with Crippen LogP contribution in [0.15, 0.2) is 35.1 Å². The van der Waals surface area contributed by atoms with Gasteiger partial charge in [-0.2, -0.15) is 0 Å². The summed E-state index contributed by atoms with van der Waals surface area (Å²) in [5, 5.41) is 3.72. The minimum Gasteiger partial charge on any atom is -0.447 e. The molecule has 1 aromatic rings. The predicted molar refractivity (Wildman–Crippen MR) is 41.0 cm³/mol. The lowest BCUT2D eigenvalue weighted by Gasteiger charge is -2.17. The highest BCUT2D eigenvalue weighted by atomic mass is 16.5. The zero-order chi connectivity index (χ0) is 7.97. The van der Waals surface area contributed by atoms with Gasteiger partial charge in [-0.3, -0.25) is 4.90 Å². The quantitative estimate of drug-likeness (QED) is 0.577. The first-order chi connectivity index (χ1) is 5.95. The highest BCUT2D eigenvalue weighted by molar-refractivity contribution is 5.56. The summed E-state index contributed by atoms with van der Waals surface area (Å²) in [6.07, 6.45) is 8.00. The van der Waals surface area contributed by atoms with Crippen LogP contribution in [0, 0.1) is 0 Å². The molecule has 3 heterocycles. The standard InChI is InChI=1S/C8H6N2O2/c1-2-7-10(3-4-11-7)8-6(1)5-9-12-8/h2-5H,1H2. The third-order valence-electron chi connectivity index (χ3n) is 1.97. The maximum absolute atomic E-state index is 5.20. The molecular formula is C8H6N2O2. The lowest BCUT2D eigenvalue weighted by molar-refractivity contribution is 0.352. The second-order valence-electron chi connectivity index (χ2n) is 2.68. The van der Waals surface area contributed by atoms with Crippen LogP contribution in [0.3, 0.4) is 0 Å². The van der Waals surface area contributed by atoms with E-state index in [2.05, 4.69) is 5.16 Å². The largest absolute Gasteiger partial charge is 0.447 e. The van der Waals surface area contributed by atoms with Crippen molar-refractivity contribution in [3.05, 3.63) is 36.2 Å². The summed E-state index contributed by atoms with van der Waals surface area (Å²) in [5.41, 5.74) is 1.09. The van der Waals surface area contributed by atoms with Gasteiger partial charge in [-0.15, -0.1) is 0 Å². The average Bonchev–Trinajstić information content (AvgIpc) is 2.71. The Balaban J connectivity index is 2.17. The van der Waals surface area contributed by atoms with Gasteiger partial charge >= 0.3 is 0 Å². The Kier molecular flexibility index (Phi) is 0.935. The first-order valence-corrected chi connectivity index (χ1v) is 3.71. The molecule has 4 nitrogen and oxygen atoms in total. The number of fused-ring (bicyclic) bond motifs is 3. The normalized spacial score (nSPS) is 18.3. The van der Waals surface area contributed by atoms with Crippen molar-refractivity contribution >= 4 is 5.88 Å². The maximum Gasteiger partial charge on any atom is 0.241 e. The van der Waals surface area contributed by atoms with E-state index in [1.807, 2.05) is 17.2 Å². The van der Waals surface area contributed by atoms with Crippen molar-refractivity contribution in [1.82, 2.24) is 5.16 Å². The number of hydrogen-bond donors (Lipinski definition) is 0. The van der Waals surface area contributed by atoms with Crippen LogP contribution in [-0.4, -0.2) is 5.16 Å². The second-order valence-corrected chi connectivity index (χ2v) is 2.68. The Morgan fingerprint density at radius 3 is 3.50 bits per heavy atom. The molecule has 0 bridgehead atoms. The van der Waals surface area contributed by atoms with Gasteiger partial charge in [-0.1, -0.05) is 5.16 Å². The molecule has 0 fully saturated rings. The van der Waals surface area contributed by atoms with Gasteiger partial charge in [0.2, 0.25) is 11.8 Å². The molecule has 12 heavy (non-hydrogen) atoms. The zero-order valence-electron chi connectivity index (χ0n) is 6.23. The van der Waals surface area contributed by atoms with E-state index in [4.69, 9.17) is 9.26 Å². The van der Waals surface area contributed by atoms with Gasteiger partial charge in [0.15, 0.2) is 0 Å². The highest BCUT2D eigenvalue weighted by Crippen LogP contribution is 2.32. The predicted octanol–water partition coefficient (Wildman–Crippen LogP) is 1.38. The van der Waals surface area contributed by atoms with E-state index in [9.17, 15) is 0 Å². The molecule has 0 atom stereocenters. The Hall–Kier alpha value is -1.71. The summed E-state index contributed by atoms with van der Waals surface area (Å²) < 4.78 is 10.3. The molecule has 0 radical (unpaired) electrons. The molecule has 0 saturated heterocycles.